The maximum absolute atomic E-state index is 12.4. The summed E-state index contributed by atoms with van der Waals surface area (Å²) in [5.74, 6) is 0.859. The molecule has 3 fully saturated rings. The maximum atomic E-state index is 12.4. The summed E-state index contributed by atoms with van der Waals surface area (Å²) in [6, 6.07) is 12.8. The fourth-order valence-corrected chi connectivity index (χ4v) is 9.11. The first-order valence-corrected chi connectivity index (χ1v) is 17.1. The topological polar surface area (TPSA) is 78.9 Å². The highest BCUT2D eigenvalue weighted by Crippen LogP contribution is 2.41. The van der Waals surface area contributed by atoms with E-state index in [1.54, 1.807) is 0 Å². The van der Waals surface area contributed by atoms with Gasteiger partial charge in [-0.05, 0) is 75.6 Å². The average Bonchev–Trinajstić information content (AvgIpc) is 3.55. The van der Waals surface area contributed by atoms with E-state index in [4.69, 9.17) is 26.3 Å². The lowest BCUT2D eigenvalue weighted by atomic mass is 9.90. The largest absolute Gasteiger partial charge is 0.461 e. The molecule has 0 spiro atoms. The van der Waals surface area contributed by atoms with Gasteiger partial charge in [0.2, 0.25) is 0 Å². The summed E-state index contributed by atoms with van der Waals surface area (Å²) in [6.07, 6.45) is 6.64. The molecule has 0 bridgehead atoms. The van der Waals surface area contributed by atoms with E-state index in [1.807, 2.05) is 19.2 Å². The van der Waals surface area contributed by atoms with E-state index < -0.39 is 9.84 Å². The van der Waals surface area contributed by atoms with Crippen LogP contribution < -0.4 is 14.5 Å². The van der Waals surface area contributed by atoms with Crippen molar-refractivity contribution in [1.82, 2.24) is 14.9 Å². The fraction of sp³-hybridized carbons (Fsp3) is 0.500. The Labute approximate surface area is 253 Å². The molecule has 0 radical (unpaired) electrons. The third kappa shape index (κ3) is 4.74. The molecule has 3 aliphatic heterocycles. The lowest BCUT2D eigenvalue weighted by molar-refractivity contribution is 0.107. The van der Waals surface area contributed by atoms with Crippen LogP contribution in [0.5, 0.6) is 6.01 Å². The molecule has 8 nitrogen and oxygen atoms in total. The van der Waals surface area contributed by atoms with Gasteiger partial charge in [0.25, 0.3) is 0 Å². The molecule has 3 aromatic rings. The van der Waals surface area contributed by atoms with E-state index in [0.717, 1.165) is 82.9 Å². The molecule has 0 amide bonds. The van der Waals surface area contributed by atoms with Crippen molar-refractivity contribution in [2.75, 3.05) is 43.1 Å². The Balaban J connectivity index is 1.21. The number of ether oxygens (including phenoxy) is 1. The van der Waals surface area contributed by atoms with Crippen LogP contribution in [-0.2, 0) is 22.8 Å². The summed E-state index contributed by atoms with van der Waals surface area (Å²) in [5.41, 5.74) is 3.27. The van der Waals surface area contributed by atoms with Gasteiger partial charge in [-0.1, -0.05) is 42.4 Å². The third-order valence-corrected chi connectivity index (χ3v) is 12.2. The number of rotatable bonds is 8. The molecule has 7 rings (SSSR count). The molecule has 2 aromatic carbocycles. The summed E-state index contributed by atoms with van der Waals surface area (Å²) in [5, 5.41) is 3.63. The summed E-state index contributed by atoms with van der Waals surface area (Å²) in [4.78, 5) is 17.1. The Morgan fingerprint density at radius 1 is 1.12 bits per heavy atom. The van der Waals surface area contributed by atoms with Gasteiger partial charge in [-0.3, -0.25) is 4.90 Å². The number of hydrogen-bond acceptors (Lipinski definition) is 8. The zero-order chi connectivity index (χ0) is 29.1. The summed E-state index contributed by atoms with van der Waals surface area (Å²) in [6.45, 7) is 7.81. The Hall–Kier alpha value is -2.88. The minimum absolute atomic E-state index is 0.0882. The van der Waals surface area contributed by atoms with Crippen LogP contribution >= 0.6 is 11.6 Å². The first-order valence-electron chi connectivity index (χ1n) is 15.1. The average molecular weight is 608 g/mol. The van der Waals surface area contributed by atoms with Crippen LogP contribution in [0, 0.1) is 0 Å². The van der Waals surface area contributed by atoms with Crippen molar-refractivity contribution in [2.45, 2.75) is 68.3 Å². The van der Waals surface area contributed by atoms with Crippen molar-refractivity contribution in [3.8, 4) is 6.01 Å². The van der Waals surface area contributed by atoms with Gasteiger partial charge in [-0.25, -0.2) is 8.42 Å². The van der Waals surface area contributed by atoms with Crippen LogP contribution in [0.1, 0.15) is 49.8 Å². The van der Waals surface area contributed by atoms with E-state index >= 15 is 0 Å². The van der Waals surface area contributed by atoms with Crippen LogP contribution in [0.3, 0.4) is 0 Å². The zero-order valence-electron chi connectivity index (χ0n) is 24.1. The quantitative estimate of drug-likeness (QED) is 0.338. The number of hydrogen-bond donors (Lipinski definition) is 0. The third-order valence-electron chi connectivity index (χ3n) is 10.1. The highest BCUT2D eigenvalue weighted by Gasteiger charge is 2.45. The molecule has 1 saturated carbocycles. The highest BCUT2D eigenvalue weighted by atomic mass is 35.5. The van der Waals surface area contributed by atoms with Gasteiger partial charge in [-0.2, -0.15) is 9.97 Å². The zero-order valence-corrected chi connectivity index (χ0v) is 25.7. The number of benzene rings is 2. The Morgan fingerprint density at radius 3 is 2.60 bits per heavy atom. The standard InChI is InChI=1S/C32H38ClN5O3S/c1-3-42(39,40)24-18-23(19-24)36(2)30-25-12-17-37(28-11-5-9-22-8-4-10-26(33)29(22)28)20-27(25)34-31(35-30)41-21-32-13-6-15-38(32)16-7-14-32/h3-5,8-11,23-24H,1,6-7,12-21H2,2H3. The lowest BCUT2D eigenvalue weighted by Gasteiger charge is -2.42. The molecule has 42 heavy (non-hydrogen) atoms. The summed E-state index contributed by atoms with van der Waals surface area (Å²) >= 11 is 6.70. The molecule has 4 heterocycles. The molecule has 2 saturated heterocycles. The number of anilines is 2. The monoisotopic (exact) mass is 607 g/mol. The van der Waals surface area contributed by atoms with Gasteiger partial charge in [0.05, 0.1) is 28.1 Å². The van der Waals surface area contributed by atoms with E-state index in [0.29, 0.717) is 32.0 Å². The maximum Gasteiger partial charge on any atom is 0.318 e. The van der Waals surface area contributed by atoms with Crippen LogP contribution in [-0.4, -0.2) is 73.4 Å². The Kier molecular flexibility index (Phi) is 7.10. The van der Waals surface area contributed by atoms with Crippen LogP contribution in [0.2, 0.25) is 5.02 Å². The van der Waals surface area contributed by atoms with Crippen LogP contribution in [0.15, 0.2) is 48.4 Å². The van der Waals surface area contributed by atoms with E-state index in [1.165, 1.54) is 12.8 Å². The van der Waals surface area contributed by atoms with Gasteiger partial charge in [0.1, 0.15) is 12.4 Å². The molecular weight excluding hydrogens is 570 g/mol. The molecule has 0 N–H and O–H groups in total. The lowest BCUT2D eigenvalue weighted by Crippen LogP contribution is -2.49. The number of aromatic nitrogens is 2. The van der Waals surface area contributed by atoms with Crippen molar-refractivity contribution in [2.24, 2.45) is 0 Å². The van der Waals surface area contributed by atoms with Gasteiger partial charge >= 0.3 is 6.01 Å². The Bertz CT molecular complexity index is 1630. The summed E-state index contributed by atoms with van der Waals surface area (Å²) < 4.78 is 31.2. The van der Waals surface area contributed by atoms with Crippen LogP contribution in [0.25, 0.3) is 10.8 Å². The predicted molar refractivity (Wildman–Crippen MR) is 168 cm³/mol. The van der Waals surface area contributed by atoms with Gasteiger partial charge in [0.15, 0.2) is 9.84 Å². The van der Waals surface area contributed by atoms with Crippen molar-refractivity contribution >= 4 is 43.7 Å². The Morgan fingerprint density at radius 2 is 1.86 bits per heavy atom. The SMILES string of the molecule is C=CS(=O)(=O)C1CC(N(C)c2nc(OCC34CCCN3CCC4)nc3c2CCN(c2cccc4cccc(Cl)c24)C3)C1. The van der Waals surface area contributed by atoms with E-state index in [-0.39, 0.29) is 16.8 Å². The van der Waals surface area contributed by atoms with Crippen molar-refractivity contribution in [3.05, 3.63) is 64.7 Å². The van der Waals surface area contributed by atoms with Crippen LogP contribution in [0.4, 0.5) is 11.5 Å². The van der Waals surface area contributed by atoms with Crippen molar-refractivity contribution in [1.29, 1.82) is 0 Å². The van der Waals surface area contributed by atoms with E-state index in [9.17, 15) is 8.42 Å². The predicted octanol–water partition coefficient (Wildman–Crippen LogP) is 5.38. The number of fused-ring (bicyclic) bond motifs is 3. The molecule has 0 atom stereocenters. The van der Waals surface area contributed by atoms with E-state index in [2.05, 4.69) is 45.5 Å². The minimum Gasteiger partial charge on any atom is -0.461 e. The summed E-state index contributed by atoms with van der Waals surface area (Å²) in [7, 11) is -1.24. The van der Waals surface area contributed by atoms with Crippen molar-refractivity contribution < 1.29 is 13.2 Å². The first-order chi connectivity index (χ1) is 20.3. The molecular formula is C32H38ClN5O3S. The first kappa shape index (κ1) is 27.9. The van der Waals surface area contributed by atoms with Gasteiger partial charge in [0, 0.05) is 41.7 Å². The molecule has 10 heteroatoms. The molecule has 1 aromatic heterocycles. The fourth-order valence-electron chi connectivity index (χ4n) is 7.58. The molecule has 0 unspecified atom stereocenters. The number of nitrogens with zero attached hydrogens (tertiary/aromatic N) is 5. The van der Waals surface area contributed by atoms with Crippen molar-refractivity contribution in [3.63, 3.8) is 0 Å². The second-order valence-electron chi connectivity index (χ2n) is 12.4. The second kappa shape index (κ2) is 10.7. The smallest absolute Gasteiger partial charge is 0.318 e. The molecule has 1 aliphatic carbocycles. The molecule has 4 aliphatic rings. The highest BCUT2D eigenvalue weighted by molar-refractivity contribution is 7.94. The number of sulfone groups is 1. The minimum atomic E-state index is -3.26. The van der Waals surface area contributed by atoms with Gasteiger partial charge in [-0.15, -0.1) is 0 Å². The van der Waals surface area contributed by atoms with Gasteiger partial charge < -0.3 is 14.5 Å². The second-order valence-corrected chi connectivity index (χ2v) is 14.9. The normalized spacial score (nSPS) is 23.3. The molecule has 222 valence electrons. The number of halogens is 1.